The third-order valence-corrected chi connectivity index (χ3v) is 3.98. The molecule has 6 heteroatoms. The number of hydrogen-bond donors (Lipinski definition) is 2. The largest absolute Gasteiger partial charge is 0.489 e. The van der Waals surface area contributed by atoms with Gasteiger partial charge in [-0.25, -0.2) is 0 Å². The van der Waals surface area contributed by atoms with Gasteiger partial charge < -0.3 is 15.2 Å². The zero-order valence-corrected chi connectivity index (χ0v) is 13.5. The second-order valence-electron chi connectivity index (χ2n) is 5.42. The van der Waals surface area contributed by atoms with Crippen molar-refractivity contribution in [3.63, 3.8) is 0 Å². The first-order valence-corrected chi connectivity index (χ1v) is 7.67. The first-order valence-electron chi connectivity index (χ1n) is 6.88. The Morgan fingerprint density at radius 1 is 1.33 bits per heavy atom. The number of carboxylic acids is 1. The van der Waals surface area contributed by atoms with Crippen LogP contribution in [0.4, 0.5) is 5.69 Å². The number of anilines is 1. The van der Waals surface area contributed by atoms with Crippen molar-refractivity contribution < 1.29 is 19.4 Å². The van der Waals surface area contributed by atoms with Gasteiger partial charge in [0.15, 0.2) is 0 Å². The Balaban J connectivity index is 2.13. The van der Waals surface area contributed by atoms with Crippen LogP contribution in [0.1, 0.15) is 26.7 Å². The summed E-state index contributed by atoms with van der Waals surface area (Å²) in [6, 6.07) is 5.36. The van der Waals surface area contributed by atoms with Gasteiger partial charge >= 0.3 is 5.97 Å². The number of carbonyl (C=O) groups is 2. The van der Waals surface area contributed by atoms with E-state index in [1.54, 1.807) is 12.1 Å². The van der Waals surface area contributed by atoms with Crippen molar-refractivity contribution in [1.29, 1.82) is 0 Å². The molecular weight excluding hydrogens is 338 g/mol. The summed E-state index contributed by atoms with van der Waals surface area (Å²) in [7, 11) is 0. The molecule has 1 amide bonds. The highest BCUT2D eigenvalue weighted by atomic mass is 79.9. The van der Waals surface area contributed by atoms with Gasteiger partial charge in [0.25, 0.3) is 0 Å². The van der Waals surface area contributed by atoms with Crippen molar-refractivity contribution in [2.45, 2.75) is 32.8 Å². The molecule has 5 nitrogen and oxygen atoms in total. The molecule has 2 rings (SSSR count). The number of benzene rings is 1. The summed E-state index contributed by atoms with van der Waals surface area (Å²) < 4.78 is 6.47. The molecule has 21 heavy (non-hydrogen) atoms. The summed E-state index contributed by atoms with van der Waals surface area (Å²) in [6.07, 6.45) is 1.15. The molecule has 2 N–H and O–H groups in total. The fourth-order valence-electron chi connectivity index (χ4n) is 2.29. The number of carboxylic acid groups (broad SMARTS) is 1. The molecule has 1 aromatic carbocycles. The van der Waals surface area contributed by atoms with Crippen LogP contribution in [0.25, 0.3) is 0 Å². The van der Waals surface area contributed by atoms with Gasteiger partial charge in [0.2, 0.25) is 5.91 Å². The van der Waals surface area contributed by atoms with Crippen LogP contribution in [-0.4, -0.2) is 23.1 Å². The molecule has 0 aliphatic heterocycles. The van der Waals surface area contributed by atoms with E-state index in [-0.39, 0.29) is 12.0 Å². The van der Waals surface area contributed by atoms with E-state index < -0.39 is 17.8 Å². The van der Waals surface area contributed by atoms with Gasteiger partial charge in [-0.2, -0.15) is 0 Å². The predicted octanol–water partition coefficient (Wildman–Crippen LogP) is 3.29. The average Bonchev–Trinajstić information content (AvgIpc) is 2.29. The van der Waals surface area contributed by atoms with Crippen LogP contribution in [-0.2, 0) is 9.59 Å². The van der Waals surface area contributed by atoms with E-state index in [2.05, 4.69) is 21.2 Å². The van der Waals surface area contributed by atoms with E-state index in [0.29, 0.717) is 24.3 Å². The van der Waals surface area contributed by atoms with Gasteiger partial charge in [0.1, 0.15) is 5.75 Å². The normalized spacial score (nSPS) is 20.8. The molecule has 1 saturated carbocycles. The predicted molar refractivity (Wildman–Crippen MR) is 82.4 cm³/mol. The number of carbonyl (C=O) groups excluding carboxylic acids is 1. The maximum absolute atomic E-state index is 12.2. The summed E-state index contributed by atoms with van der Waals surface area (Å²) in [5.41, 5.74) is 0.555. The maximum Gasteiger partial charge on any atom is 0.307 e. The zero-order chi connectivity index (χ0) is 15.6. The molecule has 114 valence electrons. The Kier molecular flexibility index (Phi) is 4.88. The van der Waals surface area contributed by atoms with E-state index in [9.17, 15) is 9.59 Å². The average molecular weight is 356 g/mol. The van der Waals surface area contributed by atoms with Crippen molar-refractivity contribution in [3.8, 4) is 5.75 Å². The summed E-state index contributed by atoms with van der Waals surface area (Å²) in [5.74, 6) is -1.64. The van der Waals surface area contributed by atoms with E-state index >= 15 is 0 Å². The van der Waals surface area contributed by atoms with Crippen molar-refractivity contribution in [2.75, 3.05) is 5.32 Å². The second-order valence-corrected chi connectivity index (χ2v) is 6.34. The second kappa shape index (κ2) is 6.47. The number of halogens is 1. The Labute approximate surface area is 131 Å². The summed E-state index contributed by atoms with van der Waals surface area (Å²) in [6.45, 7) is 3.81. The number of amides is 1. The fraction of sp³-hybridized carbons (Fsp3) is 0.467. The first kappa shape index (κ1) is 15.8. The lowest BCUT2D eigenvalue weighted by Gasteiger charge is -2.32. The van der Waals surface area contributed by atoms with Crippen LogP contribution in [0.15, 0.2) is 22.7 Å². The van der Waals surface area contributed by atoms with Crippen molar-refractivity contribution >= 4 is 33.5 Å². The molecule has 1 aliphatic carbocycles. The summed E-state index contributed by atoms with van der Waals surface area (Å²) in [4.78, 5) is 23.2. The fourth-order valence-corrected chi connectivity index (χ4v) is 2.65. The van der Waals surface area contributed by atoms with E-state index in [1.807, 2.05) is 19.9 Å². The quantitative estimate of drug-likeness (QED) is 0.849. The highest BCUT2D eigenvalue weighted by Crippen LogP contribution is 2.37. The lowest BCUT2D eigenvalue weighted by atomic mass is 9.73. The molecule has 0 aromatic heterocycles. The Bertz CT molecular complexity index is 559. The molecule has 0 radical (unpaired) electrons. The van der Waals surface area contributed by atoms with Gasteiger partial charge in [0.05, 0.1) is 23.6 Å². The zero-order valence-electron chi connectivity index (χ0n) is 11.9. The summed E-state index contributed by atoms with van der Waals surface area (Å²) >= 11 is 3.35. The Morgan fingerprint density at radius 2 is 2.00 bits per heavy atom. The molecule has 0 bridgehead atoms. The number of nitrogens with one attached hydrogen (secondary N) is 1. The third kappa shape index (κ3) is 3.75. The molecule has 1 aromatic rings. The van der Waals surface area contributed by atoms with Gasteiger partial charge in [-0.1, -0.05) is 15.9 Å². The van der Waals surface area contributed by atoms with Gasteiger partial charge in [0, 0.05) is 4.47 Å². The standard InChI is InChI=1S/C15H18BrNO4/c1-8(2)21-13-6-3-9(16)7-12(13)17-14(18)10-4-5-11(10)15(19)20/h3,6-8,10-11H,4-5H2,1-2H3,(H,17,18)(H,19,20). The highest BCUT2D eigenvalue weighted by molar-refractivity contribution is 9.10. The summed E-state index contributed by atoms with van der Waals surface area (Å²) in [5, 5.41) is 11.8. The van der Waals surface area contributed by atoms with Gasteiger partial charge in [-0.05, 0) is 44.9 Å². The number of hydrogen-bond acceptors (Lipinski definition) is 3. The van der Waals surface area contributed by atoms with Crippen LogP contribution in [0.3, 0.4) is 0 Å². The number of aliphatic carboxylic acids is 1. The molecule has 2 atom stereocenters. The third-order valence-electron chi connectivity index (χ3n) is 3.49. The minimum absolute atomic E-state index is 0.0164. The maximum atomic E-state index is 12.2. The van der Waals surface area contributed by atoms with Crippen LogP contribution >= 0.6 is 15.9 Å². The van der Waals surface area contributed by atoms with Crippen molar-refractivity contribution in [1.82, 2.24) is 0 Å². The SMILES string of the molecule is CC(C)Oc1ccc(Br)cc1NC(=O)C1CCC1C(=O)O. The van der Waals surface area contributed by atoms with Crippen LogP contribution in [0.5, 0.6) is 5.75 Å². The van der Waals surface area contributed by atoms with Crippen LogP contribution < -0.4 is 10.1 Å². The molecular formula is C15H18BrNO4. The van der Waals surface area contributed by atoms with Gasteiger partial charge in [-0.15, -0.1) is 0 Å². The Morgan fingerprint density at radius 3 is 2.52 bits per heavy atom. The number of ether oxygens (including phenoxy) is 1. The van der Waals surface area contributed by atoms with Gasteiger partial charge in [-0.3, -0.25) is 9.59 Å². The van der Waals surface area contributed by atoms with Crippen LogP contribution in [0.2, 0.25) is 0 Å². The molecule has 1 aliphatic rings. The van der Waals surface area contributed by atoms with E-state index in [4.69, 9.17) is 9.84 Å². The Hall–Kier alpha value is -1.56. The van der Waals surface area contributed by atoms with E-state index in [1.165, 1.54) is 0 Å². The lowest BCUT2D eigenvalue weighted by molar-refractivity contribution is -0.151. The lowest BCUT2D eigenvalue weighted by Crippen LogP contribution is -2.41. The monoisotopic (exact) mass is 355 g/mol. The molecule has 0 saturated heterocycles. The number of rotatable bonds is 5. The molecule has 0 heterocycles. The highest BCUT2D eigenvalue weighted by Gasteiger charge is 2.41. The van der Waals surface area contributed by atoms with E-state index in [0.717, 1.165) is 4.47 Å². The molecule has 2 unspecified atom stereocenters. The first-order chi connectivity index (χ1) is 9.88. The smallest absolute Gasteiger partial charge is 0.307 e. The minimum atomic E-state index is -0.908. The topological polar surface area (TPSA) is 75.6 Å². The molecule has 1 fully saturated rings. The van der Waals surface area contributed by atoms with Crippen molar-refractivity contribution in [2.24, 2.45) is 11.8 Å². The van der Waals surface area contributed by atoms with Crippen molar-refractivity contribution in [3.05, 3.63) is 22.7 Å². The minimum Gasteiger partial charge on any atom is -0.489 e. The molecule has 0 spiro atoms. The van der Waals surface area contributed by atoms with Crippen LogP contribution in [0, 0.1) is 11.8 Å².